The number of nitrogens with one attached hydrogen (secondary N) is 1. The van der Waals surface area contributed by atoms with Crippen LogP contribution in [-0.4, -0.2) is 26.0 Å². The Labute approximate surface area is 205 Å². The summed E-state index contributed by atoms with van der Waals surface area (Å²) in [5.74, 6) is 0.675. The minimum atomic E-state index is -0.577. The summed E-state index contributed by atoms with van der Waals surface area (Å²) in [6, 6.07) is 13.3. The fraction of sp³-hybridized carbons (Fsp3) is 0.167. The Hall–Kier alpha value is -4.31. The number of carbonyl (C=O) groups is 1. The number of aromatic nitrogens is 3. The van der Waals surface area contributed by atoms with Gasteiger partial charge in [-0.1, -0.05) is 30.6 Å². The van der Waals surface area contributed by atoms with Gasteiger partial charge in [-0.25, -0.2) is 0 Å². The van der Waals surface area contributed by atoms with Gasteiger partial charge in [0.2, 0.25) is 17.5 Å². The van der Waals surface area contributed by atoms with Gasteiger partial charge in [0.25, 0.3) is 5.91 Å². The van der Waals surface area contributed by atoms with Gasteiger partial charge in [-0.3, -0.25) is 19.9 Å². The summed E-state index contributed by atoms with van der Waals surface area (Å²) in [4.78, 5) is 32.0. The van der Waals surface area contributed by atoms with E-state index < -0.39 is 11.0 Å². The number of hydrogen-bond acceptors (Lipinski definition) is 8. The Bertz CT molecular complexity index is 1340. The van der Waals surface area contributed by atoms with E-state index in [2.05, 4.69) is 20.4 Å². The Morgan fingerprint density at radius 3 is 2.49 bits per heavy atom. The molecule has 1 atom stereocenters. The van der Waals surface area contributed by atoms with Gasteiger partial charge in [0, 0.05) is 34.6 Å². The fourth-order valence-electron chi connectivity index (χ4n) is 3.24. The molecule has 2 aromatic carbocycles. The Kier molecular flexibility index (Phi) is 7.02. The molecule has 0 fully saturated rings. The smallest absolute Gasteiger partial charge is 0.313 e. The van der Waals surface area contributed by atoms with E-state index >= 15 is 0 Å². The Balaban J connectivity index is 1.47. The van der Waals surface area contributed by atoms with Gasteiger partial charge in [0.05, 0.1) is 4.92 Å². The monoisotopic (exact) mass is 493 g/mol. The molecule has 1 amide bonds. The maximum atomic E-state index is 12.9. The average Bonchev–Trinajstić information content (AvgIpc) is 3.34. The van der Waals surface area contributed by atoms with Crippen molar-refractivity contribution in [3.05, 3.63) is 93.6 Å². The van der Waals surface area contributed by atoms with Gasteiger partial charge in [0.15, 0.2) is 0 Å². The third-order valence-corrected chi connectivity index (χ3v) is 5.30. The van der Waals surface area contributed by atoms with Crippen molar-refractivity contribution in [2.45, 2.75) is 19.9 Å². The average molecular weight is 494 g/mol. The maximum absolute atomic E-state index is 12.9. The quantitative estimate of drug-likeness (QED) is 0.247. The molecule has 11 heteroatoms. The van der Waals surface area contributed by atoms with E-state index in [1.54, 1.807) is 48.8 Å². The van der Waals surface area contributed by atoms with E-state index in [0.29, 0.717) is 17.1 Å². The lowest BCUT2D eigenvalue weighted by molar-refractivity contribution is -0.385. The van der Waals surface area contributed by atoms with Gasteiger partial charge in [-0.15, -0.1) is 0 Å². The molecule has 0 aliphatic carbocycles. The second-order valence-electron chi connectivity index (χ2n) is 7.88. The predicted molar refractivity (Wildman–Crippen MR) is 127 cm³/mol. The van der Waals surface area contributed by atoms with Gasteiger partial charge < -0.3 is 14.6 Å². The van der Waals surface area contributed by atoms with Crippen LogP contribution in [0.25, 0.3) is 11.4 Å². The van der Waals surface area contributed by atoms with Crippen LogP contribution in [0.5, 0.6) is 11.5 Å². The van der Waals surface area contributed by atoms with Gasteiger partial charge >= 0.3 is 5.69 Å². The van der Waals surface area contributed by atoms with E-state index in [4.69, 9.17) is 20.9 Å². The molecular weight excluding hydrogens is 474 g/mol. The Morgan fingerprint density at radius 2 is 1.83 bits per heavy atom. The first kappa shape index (κ1) is 23.8. The van der Waals surface area contributed by atoms with Gasteiger partial charge in [0.1, 0.15) is 11.8 Å². The molecule has 0 saturated carbocycles. The fourth-order valence-corrected chi connectivity index (χ4v) is 3.41. The van der Waals surface area contributed by atoms with Crippen molar-refractivity contribution >= 4 is 23.2 Å². The van der Waals surface area contributed by atoms with Crippen LogP contribution in [0.15, 0.2) is 71.5 Å². The van der Waals surface area contributed by atoms with E-state index in [1.165, 1.54) is 18.2 Å². The van der Waals surface area contributed by atoms with Crippen LogP contribution >= 0.6 is 11.6 Å². The molecule has 1 N–H and O–H groups in total. The molecular formula is C24H20ClN5O5. The van der Waals surface area contributed by atoms with Crippen LogP contribution in [0, 0.1) is 16.0 Å². The lowest BCUT2D eigenvalue weighted by atomic mass is 10.0. The van der Waals surface area contributed by atoms with E-state index in [9.17, 15) is 14.9 Å². The number of ether oxygens (including phenoxy) is 1. The van der Waals surface area contributed by atoms with Crippen LogP contribution in [0.4, 0.5) is 5.69 Å². The molecule has 10 nitrogen and oxygen atoms in total. The molecule has 0 spiro atoms. The highest BCUT2D eigenvalue weighted by molar-refractivity contribution is 6.30. The molecule has 1 unspecified atom stereocenters. The zero-order chi connectivity index (χ0) is 24.9. The number of nitro groups is 1. The highest BCUT2D eigenvalue weighted by atomic mass is 35.5. The summed E-state index contributed by atoms with van der Waals surface area (Å²) in [5, 5.41) is 18.4. The summed E-state index contributed by atoms with van der Waals surface area (Å²) in [6.45, 7) is 3.86. The molecule has 2 aromatic heterocycles. The number of benzene rings is 2. The van der Waals surface area contributed by atoms with Crippen LogP contribution in [0.1, 0.15) is 36.1 Å². The van der Waals surface area contributed by atoms with Gasteiger partial charge in [-0.2, -0.15) is 4.98 Å². The topological polar surface area (TPSA) is 133 Å². The molecule has 2 heterocycles. The van der Waals surface area contributed by atoms with Crippen molar-refractivity contribution in [3.8, 4) is 22.9 Å². The SMILES string of the molecule is CC(C)C(NC(=O)c1ccc(Oc2ccc(Cl)cc2[N+](=O)[O-])cc1)c1nc(-c2ccncc2)no1. The molecule has 0 bridgehead atoms. The molecule has 0 radical (unpaired) electrons. The van der Waals surface area contributed by atoms with Crippen molar-refractivity contribution < 1.29 is 19.0 Å². The van der Waals surface area contributed by atoms with Gasteiger partial charge in [-0.05, 0) is 54.4 Å². The first-order valence-corrected chi connectivity index (χ1v) is 11.0. The second kappa shape index (κ2) is 10.3. The number of pyridine rings is 1. The van der Waals surface area contributed by atoms with Crippen LogP contribution < -0.4 is 10.1 Å². The third-order valence-electron chi connectivity index (χ3n) is 5.06. The number of hydrogen-bond donors (Lipinski definition) is 1. The Morgan fingerprint density at radius 1 is 1.11 bits per heavy atom. The molecule has 35 heavy (non-hydrogen) atoms. The largest absolute Gasteiger partial charge is 0.450 e. The third kappa shape index (κ3) is 5.61. The zero-order valence-corrected chi connectivity index (χ0v) is 19.5. The van der Waals surface area contributed by atoms with E-state index in [-0.39, 0.29) is 34.2 Å². The van der Waals surface area contributed by atoms with Crippen molar-refractivity contribution in [1.82, 2.24) is 20.4 Å². The second-order valence-corrected chi connectivity index (χ2v) is 8.32. The normalized spacial score (nSPS) is 11.8. The molecule has 4 aromatic rings. The summed E-state index contributed by atoms with van der Waals surface area (Å²) in [6.07, 6.45) is 3.26. The summed E-state index contributed by atoms with van der Waals surface area (Å²) >= 11 is 5.84. The number of halogens is 1. The minimum Gasteiger partial charge on any atom is -0.450 e. The lowest BCUT2D eigenvalue weighted by Gasteiger charge is -2.18. The maximum Gasteiger partial charge on any atom is 0.313 e. The molecule has 0 aliphatic heterocycles. The number of amides is 1. The number of rotatable bonds is 8. The number of carbonyl (C=O) groups excluding carboxylic acids is 1. The zero-order valence-electron chi connectivity index (χ0n) is 18.7. The molecule has 4 rings (SSSR count). The molecule has 0 aliphatic rings. The first-order valence-electron chi connectivity index (χ1n) is 10.6. The summed E-state index contributed by atoms with van der Waals surface area (Å²) < 4.78 is 11.0. The summed E-state index contributed by atoms with van der Waals surface area (Å²) in [7, 11) is 0. The molecule has 178 valence electrons. The number of nitrogens with zero attached hydrogens (tertiary/aromatic N) is 4. The van der Waals surface area contributed by atoms with Crippen LogP contribution in [0.3, 0.4) is 0 Å². The van der Waals surface area contributed by atoms with E-state index in [1.807, 2.05) is 13.8 Å². The lowest BCUT2D eigenvalue weighted by Crippen LogP contribution is -2.32. The van der Waals surface area contributed by atoms with Crippen molar-refractivity contribution in [3.63, 3.8) is 0 Å². The molecule has 0 saturated heterocycles. The highest BCUT2D eigenvalue weighted by Gasteiger charge is 2.25. The summed E-state index contributed by atoms with van der Waals surface area (Å²) in [5.41, 5.74) is 0.854. The van der Waals surface area contributed by atoms with Crippen molar-refractivity contribution in [2.24, 2.45) is 5.92 Å². The van der Waals surface area contributed by atoms with Crippen LogP contribution in [0.2, 0.25) is 5.02 Å². The first-order chi connectivity index (χ1) is 16.8. The van der Waals surface area contributed by atoms with Crippen LogP contribution in [-0.2, 0) is 0 Å². The minimum absolute atomic E-state index is 0.0299. The van der Waals surface area contributed by atoms with Crippen molar-refractivity contribution in [2.75, 3.05) is 0 Å². The van der Waals surface area contributed by atoms with E-state index in [0.717, 1.165) is 5.56 Å². The predicted octanol–water partition coefficient (Wildman–Crippen LogP) is 5.61. The highest BCUT2D eigenvalue weighted by Crippen LogP contribution is 2.33. The number of nitro benzene ring substituents is 1. The van der Waals surface area contributed by atoms with Crippen molar-refractivity contribution in [1.29, 1.82) is 0 Å². The standard InChI is InChI=1S/C24H20ClN5O5/c1-14(2)21(24-28-22(29-35-24)15-9-11-26-12-10-15)27-23(31)16-3-6-18(7-4-16)34-20-8-5-17(25)13-19(20)30(32)33/h3-14,21H,1-2H3,(H,27,31).